The van der Waals surface area contributed by atoms with Gasteiger partial charge in [0.25, 0.3) is 0 Å². The molecular formula is C23H32NO+. The molecule has 0 unspecified atom stereocenters. The van der Waals surface area contributed by atoms with Gasteiger partial charge in [-0.25, -0.2) is 0 Å². The van der Waals surface area contributed by atoms with Gasteiger partial charge in [-0.2, -0.15) is 0 Å². The fourth-order valence-electron chi connectivity index (χ4n) is 4.18. The highest BCUT2D eigenvalue weighted by molar-refractivity contribution is 5.21. The molecule has 2 heteroatoms. The molecular weight excluding hydrogens is 306 g/mol. The monoisotopic (exact) mass is 338 g/mol. The van der Waals surface area contributed by atoms with Crippen molar-refractivity contribution >= 4 is 0 Å². The lowest BCUT2D eigenvalue weighted by molar-refractivity contribution is -0.671. The minimum absolute atomic E-state index is 0.0176. The molecule has 0 aliphatic carbocycles. The van der Waals surface area contributed by atoms with E-state index >= 15 is 0 Å². The van der Waals surface area contributed by atoms with Crippen LogP contribution in [0, 0.1) is 5.92 Å². The van der Waals surface area contributed by atoms with Crippen LogP contribution in [0.25, 0.3) is 0 Å². The zero-order valence-corrected chi connectivity index (χ0v) is 15.7. The summed E-state index contributed by atoms with van der Waals surface area (Å²) in [6, 6.07) is 21.9. The molecule has 0 spiro atoms. The normalized spacial score (nSPS) is 21.0. The summed E-state index contributed by atoms with van der Waals surface area (Å²) in [6.07, 6.45) is 3.57. The van der Waals surface area contributed by atoms with Crippen molar-refractivity contribution in [3.8, 4) is 0 Å². The summed E-state index contributed by atoms with van der Waals surface area (Å²) in [5.41, 5.74) is 2.92. The predicted octanol–water partition coefficient (Wildman–Crippen LogP) is 4.13. The summed E-state index contributed by atoms with van der Waals surface area (Å²) in [6.45, 7) is 7.62. The Kier molecular flexibility index (Phi) is 6.28. The molecule has 1 aliphatic heterocycles. The molecule has 2 aromatic rings. The maximum absolute atomic E-state index is 5.96. The summed E-state index contributed by atoms with van der Waals surface area (Å²) >= 11 is 0. The number of rotatable bonds is 7. The first-order chi connectivity index (χ1) is 12.1. The lowest BCUT2D eigenvalue weighted by Crippen LogP contribution is -2.82. The Bertz CT molecular complexity index is 623. The van der Waals surface area contributed by atoms with Crippen molar-refractivity contribution in [2.45, 2.75) is 51.2 Å². The van der Waals surface area contributed by atoms with Gasteiger partial charge in [-0.3, -0.25) is 0 Å². The number of ether oxygens (including phenoxy) is 1. The molecule has 0 aromatic heterocycles. The van der Waals surface area contributed by atoms with Crippen LogP contribution in [0.15, 0.2) is 60.7 Å². The van der Waals surface area contributed by atoms with Crippen LogP contribution in [-0.2, 0) is 11.3 Å². The molecule has 0 amide bonds. The number of nitrogens with two attached hydrogens (primary N) is 1. The van der Waals surface area contributed by atoms with Gasteiger partial charge in [-0.05, 0) is 44.1 Å². The number of quaternary nitrogens is 1. The summed E-state index contributed by atoms with van der Waals surface area (Å²) in [5, 5.41) is 2.45. The second-order valence-electron chi connectivity index (χ2n) is 7.93. The maximum Gasteiger partial charge on any atom is 0.101 e. The number of hydrogen-bond donors (Lipinski definition) is 1. The van der Waals surface area contributed by atoms with Gasteiger partial charge in [0.15, 0.2) is 0 Å². The van der Waals surface area contributed by atoms with Gasteiger partial charge < -0.3 is 10.1 Å². The molecule has 2 atom stereocenters. The van der Waals surface area contributed by atoms with E-state index in [9.17, 15) is 0 Å². The van der Waals surface area contributed by atoms with Crippen LogP contribution in [-0.4, -0.2) is 18.8 Å². The highest BCUT2D eigenvalue weighted by Gasteiger charge is 2.34. The van der Waals surface area contributed by atoms with Gasteiger partial charge in [0.05, 0.1) is 12.1 Å². The van der Waals surface area contributed by atoms with Gasteiger partial charge in [-0.15, -0.1) is 0 Å². The zero-order chi connectivity index (χ0) is 17.5. The van der Waals surface area contributed by atoms with Crippen molar-refractivity contribution in [1.82, 2.24) is 0 Å². The second-order valence-corrected chi connectivity index (χ2v) is 7.93. The van der Waals surface area contributed by atoms with E-state index in [1.54, 1.807) is 0 Å². The Morgan fingerprint density at radius 1 is 1.04 bits per heavy atom. The molecule has 25 heavy (non-hydrogen) atoms. The van der Waals surface area contributed by atoms with Crippen molar-refractivity contribution in [2.24, 2.45) is 5.92 Å². The third-order valence-electron chi connectivity index (χ3n) is 5.44. The van der Waals surface area contributed by atoms with Gasteiger partial charge in [0.2, 0.25) is 0 Å². The van der Waals surface area contributed by atoms with Crippen molar-refractivity contribution in [3.05, 3.63) is 71.8 Å². The Morgan fingerprint density at radius 3 is 2.40 bits per heavy atom. The predicted molar refractivity (Wildman–Crippen MR) is 103 cm³/mol. The fraction of sp³-hybridized carbons (Fsp3) is 0.478. The second kappa shape index (κ2) is 8.64. The minimum Gasteiger partial charge on any atom is -0.376 e. The van der Waals surface area contributed by atoms with Crippen LogP contribution in [0.4, 0.5) is 0 Å². The molecule has 1 fully saturated rings. The zero-order valence-electron chi connectivity index (χ0n) is 15.7. The van der Waals surface area contributed by atoms with Crippen molar-refractivity contribution in [3.63, 3.8) is 0 Å². The van der Waals surface area contributed by atoms with E-state index in [4.69, 9.17) is 4.74 Å². The third kappa shape index (κ3) is 5.42. The van der Waals surface area contributed by atoms with Gasteiger partial charge >= 0.3 is 0 Å². The molecule has 3 rings (SSSR count). The number of hydrogen-bond acceptors (Lipinski definition) is 1. The van der Waals surface area contributed by atoms with E-state index in [1.165, 1.54) is 30.5 Å². The Hall–Kier alpha value is -1.64. The molecule has 1 saturated heterocycles. The van der Waals surface area contributed by atoms with Crippen LogP contribution in [0.2, 0.25) is 0 Å². The standard InChI is InChI=1S/C23H31NO/c1-23(2)17-21(14-16-25-23)22(20-11-7-4-8-12-20)13-15-24-18-19-9-5-3-6-10-19/h3-12,21-22,24H,13-18H2,1-2H3/p+1/t21-,22+/m0/s1. The first-order valence-electron chi connectivity index (χ1n) is 9.68. The molecule has 2 nitrogen and oxygen atoms in total. The molecule has 1 aliphatic rings. The highest BCUT2D eigenvalue weighted by Crippen LogP contribution is 2.39. The Morgan fingerprint density at radius 2 is 1.72 bits per heavy atom. The molecule has 0 bridgehead atoms. The highest BCUT2D eigenvalue weighted by atomic mass is 16.5. The molecule has 2 N–H and O–H groups in total. The van der Waals surface area contributed by atoms with E-state index < -0.39 is 0 Å². The quantitative estimate of drug-likeness (QED) is 0.755. The first-order valence-corrected chi connectivity index (χ1v) is 9.68. The van der Waals surface area contributed by atoms with E-state index in [0.717, 1.165) is 25.5 Å². The lowest BCUT2D eigenvalue weighted by Gasteiger charge is -2.39. The Labute approximate surface area is 152 Å². The summed E-state index contributed by atoms with van der Waals surface area (Å²) < 4.78 is 5.96. The van der Waals surface area contributed by atoms with Crippen molar-refractivity contribution < 1.29 is 10.1 Å². The third-order valence-corrected chi connectivity index (χ3v) is 5.44. The molecule has 0 saturated carbocycles. The molecule has 134 valence electrons. The van der Waals surface area contributed by atoms with E-state index in [0.29, 0.717) is 5.92 Å². The fourth-order valence-corrected chi connectivity index (χ4v) is 4.18. The summed E-state index contributed by atoms with van der Waals surface area (Å²) in [7, 11) is 0. The van der Waals surface area contributed by atoms with Gasteiger partial charge in [-0.1, -0.05) is 60.7 Å². The van der Waals surface area contributed by atoms with Crippen LogP contribution in [0.3, 0.4) is 0 Å². The number of benzene rings is 2. The topological polar surface area (TPSA) is 25.8 Å². The van der Waals surface area contributed by atoms with Crippen LogP contribution in [0.5, 0.6) is 0 Å². The van der Waals surface area contributed by atoms with E-state index in [1.807, 2.05) is 0 Å². The van der Waals surface area contributed by atoms with Gasteiger partial charge in [0, 0.05) is 18.6 Å². The maximum atomic E-state index is 5.96. The Balaban J connectivity index is 1.61. The lowest BCUT2D eigenvalue weighted by atomic mass is 9.75. The molecule has 1 heterocycles. The average Bonchev–Trinajstić information content (AvgIpc) is 2.62. The average molecular weight is 339 g/mol. The van der Waals surface area contributed by atoms with Crippen LogP contribution < -0.4 is 5.32 Å². The molecule has 2 aromatic carbocycles. The summed E-state index contributed by atoms with van der Waals surface area (Å²) in [5.74, 6) is 1.35. The first kappa shape index (κ1) is 18.2. The van der Waals surface area contributed by atoms with Crippen molar-refractivity contribution in [2.75, 3.05) is 13.2 Å². The largest absolute Gasteiger partial charge is 0.376 e. The van der Waals surface area contributed by atoms with Crippen molar-refractivity contribution in [1.29, 1.82) is 0 Å². The van der Waals surface area contributed by atoms with Gasteiger partial charge in [0.1, 0.15) is 6.54 Å². The minimum atomic E-state index is 0.0176. The van der Waals surface area contributed by atoms with E-state index in [-0.39, 0.29) is 5.60 Å². The van der Waals surface area contributed by atoms with Crippen LogP contribution in [0.1, 0.15) is 50.2 Å². The van der Waals surface area contributed by atoms with E-state index in [2.05, 4.69) is 79.8 Å². The van der Waals surface area contributed by atoms with Crippen LogP contribution >= 0.6 is 0 Å². The SMILES string of the molecule is CC1(C)C[C@@H]([C@H](CC[NH2+]Cc2ccccc2)c2ccccc2)CCO1. The smallest absolute Gasteiger partial charge is 0.101 e. The summed E-state index contributed by atoms with van der Waals surface area (Å²) in [4.78, 5) is 0. The molecule has 0 radical (unpaired) electrons.